The third-order valence-corrected chi connectivity index (χ3v) is 2.94. The average Bonchev–Trinajstić information content (AvgIpc) is 2.74. The summed E-state index contributed by atoms with van der Waals surface area (Å²) >= 11 is 0. The Morgan fingerprint density at radius 2 is 2.06 bits per heavy atom. The van der Waals surface area contributed by atoms with Crippen molar-refractivity contribution in [1.82, 2.24) is 9.38 Å². The van der Waals surface area contributed by atoms with Crippen LogP contribution < -0.4 is 5.73 Å². The number of benzene rings is 1. The molecule has 0 radical (unpaired) electrons. The Kier molecular flexibility index (Phi) is 2.48. The highest BCUT2D eigenvalue weighted by atomic mass is 19.1. The highest BCUT2D eigenvalue weighted by Gasteiger charge is 2.07. The number of anilines is 1. The number of aromatic nitrogens is 2. The molecule has 18 heavy (non-hydrogen) atoms. The van der Waals surface area contributed by atoms with E-state index in [4.69, 9.17) is 5.73 Å². The first-order valence-electron chi connectivity index (χ1n) is 5.69. The standard InChI is InChI=1S/C14H12FN3/c15-13-4-2-1-3-10(13)7-14-17-9-12-8-11(16)5-6-18(12)14/h1-6,8-9H,7,16H2. The maximum Gasteiger partial charge on any atom is 0.126 e. The molecule has 3 nitrogen and oxygen atoms in total. The van der Waals surface area contributed by atoms with Crippen molar-refractivity contribution >= 4 is 11.2 Å². The van der Waals surface area contributed by atoms with Gasteiger partial charge in [0.2, 0.25) is 0 Å². The lowest BCUT2D eigenvalue weighted by molar-refractivity contribution is 0.612. The van der Waals surface area contributed by atoms with Gasteiger partial charge in [-0.3, -0.25) is 0 Å². The van der Waals surface area contributed by atoms with E-state index in [1.807, 2.05) is 22.7 Å². The molecule has 0 aliphatic heterocycles. The Labute approximate surface area is 104 Å². The molecule has 3 rings (SSSR count). The number of nitrogens with zero attached hydrogens (tertiary/aromatic N) is 2. The van der Waals surface area contributed by atoms with Gasteiger partial charge in [-0.15, -0.1) is 0 Å². The monoisotopic (exact) mass is 241 g/mol. The van der Waals surface area contributed by atoms with Crippen LogP contribution in [0.25, 0.3) is 5.52 Å². The van der Waals surface area contributed by atoms with Crippen molar-refractivity contribution in [3.63, 3.8) is 0 Å². The van der Waals surface area contributed by atoms with Gasteiger partial charge in [0, 0.05) is 18.3 Å². The highest BCUT2D eigenvalue weighted by Crippen LogP contribution is 2.15. The van der Waals surface area contributed by atoms with Gasteiger partial charge in [-0.25, -0.2) is 9.37 Å². The van der Waals surface area contributed by atoms with E-state index in [0.29, 0.717) is 17.7 Å². The molecule has 0 bridgehead atoms. The van der Waals surface area contributed by atoms with Crippen LogP contribution in [-0.4, -0.2) is 9.38 Å². The number of nitrogen functional groups attached to an aromatic ring is 1. The number of imidazole rings is 1. The van der Waals surface area contributed by atoms with Gasteiger partial charge < -0.3 is 10.1 Å². The van der Waals surface area contributed by atoms with Crippen LogP contribution in [-0.2, 0) is 6.42 Å². The molecular formula is C14H12FN3. The molecule has 0 amide bonds. The Hall–Kier alpha value is -2.36. The van der Waals surface area contributed by atoms with E-state index in [2.05, 4.69) is 4.98 Å². The van der Waals surface area contributed by atoms with E-state index in [-0.39, 0.29) is 5.82 Å². The van der Waals surface area contributed by atoms with Crippen LogP contribution >= 0.6 is 0 Å². The van der Waals surface area contributed by atoms with Crippen LogP contribution in [0.1, 0.15) is 11.4 Å². The maximum absolute atomic E-state index is 13.6. The first-order chi connectivity index (χ1) is 8.74. The number of rotatable bonds is 2. The van der Waals surface area contributed by atoms with Crippen molar-refractivity contribution in [2.24, 2.45) is 0 Å². The number of hydrogen-bond acceptors (Lipinski definition) is 2. The van der Waals surface area contributed by atoms with Gasteiger partial charge in [-0.2, -0.15) is 0 Å². The lowest BCUT2D eigenvalue weighted by Crippen LogP contribution is -1.98. The second-order valence-corrected chi connectivity index (χ2v) is 4.20. The average molecular weight is 241 g/mol. The number of halogens is 1. The molecule has 4 heteroatoms. The fourth-order valence-corrected chi connectivity index (χ4v) is 2.02. The van der Waals surface area contributed by atoms with E-state index >= 15 is 0 Å². The lowest BCUT2D eigenvalue weighted by Gasteiger charge is -2.03. The minimum absolute atomic E-state index is 0.204. The summed E-state index contributed by atoms with van der Waals surface area (Å²) in [6, 6.07) is 10.4. The van der Waals surface area contributed by atoms with Crippen molar-refractivity contribution < 1.29 is 4.39 Å². The Morgan fingerprint density at radius 3 is 2.89 bits per heavy atom. The lowest BCUT2D eigenvalue weighted by atomic mass is 10.1. The number of pyridine rings is 1. The van der Waals surface area contributed by atoms with Crippen LogP contribution in [0.4, 0.5) is 10.1 Å². The zero-order valence-corrected chi connectivity index (χ0v) is 9.68. The molecule has 2 heterocycles. The van der Waals surface area contributed by atoms with E-state index in [0.717, 1.165) is 11.3 Å². The minimum atomic E-state index is -0.204. The summed E-state index contributed by atoms with van der Waals surface area (Å²) in [7, 11) is 0. The topological polar surface area (TPSA) is 43.3 Å². The molecule has 0 saturated carbocycles. The largest absolute Gasteiger partial charge is 0.399 e. The predicted octanol–water partition coefficient (Wildman–Crippen LogP) is 2.65. The molecule has 2 aromatic heterocycles. The van der Waals surface area contributed by atoms with Crippen LogP contribution in [0.15, 0.2) is 48.8 Å². The summed E-state index contributed by atoms with van der Waals surface area (Å²) in [6.07, 6.45) is 4.06. The van der Waals surface area contributed by atoms with Crippen molar-refractivity contribution in [3.8, 4) is 0 Å². The molecule has 0 spiro atoms. The van der Waals surface area contributed by atoms with E-state index in [1.165, 1.54) is 6.07 Å². The molecule has 0 aliphatic carbocycles. The summed E-state index contributed by atoms with van der Waals surface area (Å²) in [4.78, 5) is 4.31. The summed E-state index contributed by atoms with van der Waals surface area (Å²) in [5, 5.41) is 0. The van der Waals surface area contributed by atoms with Crippen molar-refractivity contribution in [2.75, 3.05) is 5.73 Å². The quantitative estimate of drug-likeness (QED) is 0.749. The van der Waals surface area contributed by atoms with Gasteiger partial charge in [0.1, 0.15) is 11.6 Å². The van der Waals surface area contributed by atoms with E-state index in [9.17, 15) is 4.39 Å². The Bertz CT molecular complexity index is 703. The highest BCUT2D eigenvalue weighted by molar-refractivity contribution is 5.56. The van der Waals surface area contributed by atoms with Gasteiger partial charge in [0.05, 0.1) is 11.7 Å². The third-order valence-electron chi connectivity index (χ3n) is 2.94. The van der Waals surface area contributed by atoms with Crippen LogP contribution in [0, 0.1) is 5.82 Å². The molecule has 1 aromatic carbocycles. The molecular weight excluding hydrogens is 229 g/mol. The fraction of sp³-hybridized carbons (Fsp3) is 0.0714. The Balaban J connectivity index is 2.03. The smallest absolute Gasteiger partial charge is 0.126 e. The van der Waals surface area contributed by atoms with Gasteiger partial charge >= 0.3 is 0 Å². The summed E-state index contributed by atoms with van der Waals surface area (Å²) < 4.78 is 15.5. The first-order valence-corrected chi connectivity index (χ1v) is 5.69. The van der Waals surface area contributed by atoms with E-state index < -0.39 is 0 Å². The minimum Gasteiger partial charge on any atom is -0.399 e. The molecule has 3 aromatic rings. The number of hydrogen-bond donors (Lipinski definition) is 1. The van der Waals surface area contributed by atoms with E-state index in [1.54, 1.807) is 24.4 Å². The third kappa shape index (κ3) is 1.82. The fourth-order valence-electron chi connectivity index (χ4n) is 2.02. The zero-order chi connectivity index (χ0) is 12.5. The van der Waals surface area contributed by atoms with Crippen LogP contribution in [0.3, 0.4) is 0 Å². The molecule has 0 atom stereocenters. The normalized spacial score (nSPS) is 10.9. The zero-order valence-electron chi connectivity index (χ0n) is 9.68. The summed E-state index contributed by atoms with van der Waals surface area (Å²) in [6.45, 7) is 0. The van der Waals surface area contributed by atoms with Crippen LogP contribution in [0.2, 0.25) is 0 Å². The Morgan fingerprint density at radius 1 is 1.22 bits per heavy atom. The van der Waals surface area contributed by atoms with Crippen molar-refractivity contribution in [1.29, 1.82) is 0 Å². The number of nitrogens with two attached hydrogens (primary N) is 1. The van der Waals surface area contributed by atoms with Crippen LogP contribution in [0.5, 0.6) is 0 Å². The molecule has 2 N–H and O–H groups in total. The van der Waals surface area contributed by atoms with Gasteiger partial charge in [0.15, 0.2) is 0 Å². The SMILES string of the molecule is Nc1ccn2c(Cc3ccccc3F)ncc2c1. The molecule has 0 unspecified atom stereocenters. The maximum atomic E-state index is 13.6. The van der Waals surface area contributed by atoms with Gasteiger partial charge in [-0.1, -0.05) is 18.2 Å². The molecule has 0 saturated heterocycles. The predicted molar refractivity (Wildman–Crippen MR) is 68.8 cm³/mol. The molecule has 0 fully saturated rings. The second kappa shape index (κ2) is 4.14. The molecule has 90 valence electrons. The number of fused-ring (bicyclic) bond motifs is 1. The van der Waals surface area contributed by atoms with Crippen molar-refractivity contribution in [3.05, 3.63) is 66.0 Å². The van der Waals surface area contributed by atoms with Crippen molar-refractivity contribution in [2.45, 2.75) is 6.42 Å². The second-order valence-electron chi connectivity index (χ2n) is 4.20. The van der Waals surface area contributed by atoms with Gasteiger partial charge in [0.25, 0.3) is 0 Å². The molecule has 0 aliphatic rings. The van der Waals surface area contributed by atoms with Gasteiger partial charge in [-0.05, 0) is 23.8 Å². The summed E-state index contributed by atoms with van der Waals surface area (Å²) in [5.41, 5.74) is 7.96. The summed E-state index contributed by atoms with van der Waals surface area (Å²) in [5.74, 6) is 0.597. The first kappa shape index (κ1) is 10.8.